The number of rotatable bonds is 3. The van der Waals surface area contributed by atoms with Crippen LogP contribution in [0.15, 0.2) is 22.7 Å². The van der Waals surface area contributed by atoms with E-state index < -0.39 is 0 Å². The molecule has 1 saturated carbocycles. The van der Waals surface area contributed by atoms with Crippen molar-refractivity contribution in [2.45, 2.75) is 52.5 Å². The Kier molecular flexibility index (Phi) is 4.19. The van der Waals surface area contributed by atoms with Gasteiger partial charge in [-0.2, -0.15) is 0 Å². The standard InChI is InChI=1S/C18H24N2O2/c1-11-7-8-17-14(9-11)16(20-22-17)10-18(21)19-15-6-4-5-12(2)13(15)3/h7-9,12-13,15H,4-6,10H2,1-3H3,(H,19,21)/t12-,13+,15+/m0/s1. The summed E-state index contributed by atoms with van der Waals surface area (Å²) >= 11 is 0. The minimum atomic E-state index is 0.0441. The third kappa shape index (κ3) is 3.01. The summed E-state index contributed by atoms with van der Waals surface area (Å²) in [7, 11) is 0. The number of benzene rings is 1. The quantitative estimate of drug-likeness (QED) is 0.942. The zero-order valence-electron chi connectivity index (χ0n) is 13.6. The highest BCUT2D eigenvalue weighted by molar-refractivity contribution is 5.86. The van der Waals surface area contributed by atoms with Gasteiger partial charge in [-0.25, -0.2) is 0 Å². The van der Waals surface area contributed by atoms with E-state index >= 15 is 0 Å². The molecule has 3 atom stereocenters. The summed E-state index contributed by atoms with van der Waals surface area (Å²) in [6.45, 7) is 6.54. The zero-order valence-corrected chi connectivity index (χ0v) is 13.6. The van der Waals surface area contributed by atoms with Crippen molar-refractivity contribution in [2.24, 2.45) is 11.8 Å². The first-order chi connectivity index (χ1) is 10.5. The number of carbonyl (C=O) groups excluding carboxylic acids is 1. The monoisotopic (exact) mass is 300 g/mol. The van der Waals surface area contributed by atoms with E-state index in [9.17, 15) is 4.79 Å². The molecule has 1 heterocycles. The van der Waals surface area contributed by atoms with Crippen LogP contribution in [0.5, 0.6) is 0 Å². The molecular weight excluding hydrogens is 276 g/mol. The third-order valence-electron chi connectivity index (χ3n) is 5.08. The SMILES string of the molecule is Cc1ccc2onc(CC(=O)N[C@@H]3CCC[C@H](C)[C@H]3C)c2c1. The van der Waals surface area contributed by atoms with Gasteiger partial charge in [0.2, 0.25) is 5.91 Å². The second kappa shape index (κ2) is 6.11. The molecule has 0 spiro atoms. The van der Waals surface area contributed by atoms with Crippen LogP contribution in [0.1, 0.15) is 44.4 Å². The van der Waals surface area contributed by atoms with E-state index in [-0.39, 0.29) is 18.4 Å². The van der Waals surface area contributed by atoms with E-state index in [1.807, 2.05) is 25.1 Å². The van der Waals surface area contributed by atoms with Crippen LogP contribution in [0.4, 0.5) is 0 Å². The summed E-state index contributed by atoms with van der Waals surface area (Å²) in [5.74, 6) is 1.26. The van der Waals surface area contributed by atoms with E-state index in [2.05, 4.69) is 24.3 Å². The van der Waals surface area contributed by atoms with Gasteiger partial charge in [0.25, 0.3) is 0 Å². The molecule has 0 unspecified atom stereocenters. The summed E-state index contributed by atoms with van der Waals surface area (Å²) in [6, 6.07) is 6.21. The molecule has 0 bridgehead atoms. The smallest absolute Gasteiger partial charge is 0.226 e. The summed E-state index contributed by atoms with van der Waals surface area (Å²) in [5, 5.41) is 8.21. The highest BCUT2D eigenvalue weighted by Crippen LogP contribution is 2.29. The molecule has 1 aliphatic rings. The van der Waals surface area contributed by atoms with E-state index in [1.54, 1.807) is 0 Å². The van der Waals surface area contributed by atoms with Crippen LogP contribution < -0.4 is 5.32 Å². The summed E-state index contributed by atoms with van der Waals surface area (Å²) in [6.07, 6.45) is 3.83. The predicted molar refractivity (Wildman–Crippen MR) is 86.6 cm³/mol. The Labute approximate surface area is 131 Å². The molecule has 1 aromatic heterocycles. The average Bonchev–Trinajstić information content (AvgIpc) is 2.86. The van der Waals surface area contributed by atoms with Crippen LogP contribution in [0.25, 0.3) is 11.0 Å². The third-order valence-corrected chi connectivity index (χ3v) is 5.08. The van der Waals surface area contributed by atoms with Crippen molar-refractivity contribution in [1.29, 1.82) is 0 Å². The van der Waals surface area contributed by atoms with Gasteiger partial charge in [-0.3, -0.25) is 4.79 Å². The highest BCUT2D eigenvalue weighted by atomic mass is 16.5. The molecule has 1 aromatic carbocycles. The van der Waals surface area contributed by atoms with E-state index in [0.717, 1.165) is 28.6 Å². The van der Waals surface area contributed by atoms with Gasteiger partial charge >= 0.3 is 0 Å². The number of fused-ring (bicyclic) bond motifs is 1. The Hall–Kier alpha value is -1.84. The topological polar surface area (TPSA) is 55.1 Å². The lowest BCUT2D eigenvalue weighted by molar-refractivity contribution is -0.121. The number of aryl methyl sites for hydroxylation is 1. The summed E-state index contributed by atoms with van der Waals surface area (Å²) < 4.78 is 5.30. The molecule has 1 fully saturated rings. The lowest BCUT2D eigenvalue weighted by Crippen LogP contribution is -2.44. The van der Waals surface area contributed by atoms with Gasteiger partial charge in [0.15, 0.2) is 5.58 Å². The molecule has 0 radical (unpaired) electrons. The van der Waals surface area contributed by atoms with Crippen LogP contribution in [0.3, 0.4) is 0 Å². The largest absolute Gasteiger partial charge is 0.356 e. The molecule has 22 heavy (non-hydrogen) atoms. The number of hydrogen-bond donors (Lipinski definition) is 1. The van der Waals surface area contributed by atoms with Crippen molar-refractivity contribution >= 4 is 16.9 Å². The normalized spacial score (nSPS) is 25.3. The second-order valence-electron chi connectivity index (χ2n) is 6.75. The molecule has 118 valence electrons. The van der Waals surface area contributed by atoms with Crippen LogP contribution >= 0.6 is 0 Å². The first-order valence-electron chi connectivity index (χ1n) is 8.19. The number of aromatic nitrogens is 1. The molecule has 1 aliphatic carbocycles. The number of nitrogens with zero attached hydrogens (tertiary/aromatic N) is 1. The molecule has 1 amide bonds. The Balaban J connectivity index is 1.69. The van der Waals surface area contributed by atoms with Crippen molar-refractivity contribution in [2.75, 3.05) is 0 Å². The number of nitrogens with one attached hydrogen (secondary N) is 1. The van der Waals surface area contributed by atoms with E-state index in [4.69, 9.17) is 4.52 Å². The van der Waals surface area contributed by atoms with Gasteiger partial charge in [-0.1, -0.05) is 43.5 Å². The number of carbonyl (C=O) groups is 1. The lowest BCUT2D eigenvalue weighted by atomic mass is 9.78. The number of amides is 1. The Morgan fingerprint density at radius 2 is 2.18 bits per heavy atom. The fourth-order valence-corrected chi connectivity index (χ4v) is 3.43. The zero-order chi connectivity index (χ0) is 15.7. The van der Waals surface area contributed by atoms with Crippen LogP contribution in [0, 0.1) is 18.8 Å². The van der Waals surface area contributed by atoms with Gasteiger partial charge in [0.1, 0.15) is 5.69 Å². The van der Waals surface area contributed by atoms with Gasteiger partial charge < -0.3 is 9.84 Å². The van der Waals surface area contributed by atoms with Gasteiger partial charge in [0.05, 0.1) is 6.42 Å². The molecular formula is C18H24N2O2. The Bertz CT molecular complexity index is 677. The molecule has 1 N–H and O–H groups in total. The van der Waals surface area contributed by atoms with Crippen LogP contribution in [-0.2, 0) is 11.2 Å². The summed E-state index contributed by atoms with van der Waals surface area (Å²) in [5.41, 5.74) is 2.62. The van der Waals surface area contributed by atoms with Crippen molar-refractivity contribution in [3.8, 4) is 0 Å². The molecule has 0 saturated heterocycles. The first-order valence-corrected chi connectivity index (χ1v) is 8.19. The minimum Gasteiger partial charge on any atom is -0.356 e. The Morgan fingerprint density at radius 3 is 3.00 bits per heavy atom. The molecule has 0 aliphatic heterocycles. The predicted octanol–water partition coefficient (Wildman–Crippen LogP) is 3.62. The molecule has 3 rings (SSSR count). The average molecular weight is 300 g/mol. The second-order valence-corrected chi connectivity index (χ2v) is 6.75. The fourth-order valence-electron chi connectivity index (χ4n) is 3.43. The van der Waals surface area contributed by atoms with Crippen molar-refractivity contribution in [3.05, 3.63) is 29.5 Å². The van der Waals surface area contributed by atoms with Crippen molar-refractivity contribution in [3.63, 3.8) is 0 Å². The molecule has 4 nitrogen and oxygen atoms in total. The molecule has 2 aromatic rings. The van der Waals surface area contributed by atoms with Crippen molar-refractivity contribution in [1.82, 2.24) is 10.5 Å². The Morgan fingerprint density at radius 1 is 1.36 bits per heavy atom. The maximum Gasteiger partial charge on any atom is 0.226 e. The maximum atomic E-state index is 12.4. The van der Waals surface area contributed by atoms with E-state index in [1.165, 1.54) is 12.8 Å². The van der Waals surface area contributed by atoms with Gasteiger partial charge in [-0.15, -0.1) is 0 Å². The highest BCUT2D eigenvalue weighted by Gasteiger charge is 2.28. The summed E-state index contributed by atoms with van der Waals surface area (Å²) in [4.78, 5) is 12.4. The number of hydrogen-bond acceptors (Lipinski definition) is 3. The minimum absolute atomic E-state index is 0.0441. The van der Waals surface area contributed by atoms with Gasteiger partial charge in [0, 0.05) is 11.4 Å². The van der Waals surface area contributed by atoms with E-state index in [0.29, 0.717) is 11.8 Å². The lowest BCUT2D eigenvalue weighted by Gasteiger charge is -2.34. The van der Waals surface area contributed by atoms with Crippen molar-refractivity contribution < 1.29 is 9.32 Å². The maximum absolute atomic E-state index is 12.4. The first kappa shape index (κ1) is 15.1. The van der Waals surface area contributed by atoms with Crippen LogP contribution in [0.2, 0.25) is 0 Å². The molecule has 4 heteroatoms. The van der Waals surface area contributed by atoms with Crippen LogP contribution in [-0.4, -0.2) is 17.1 Å². The van der Waals surface area contributed by atoms with Gasteiger partial charge in [-0.05, 0) is 37.3 Å². The fraction of sp³-hybridized carbons (Fsp3) is 0.556.